The van der Waals surface area contributed by atoms with Gasteiger partial charge in [0.2, 0.25) is 5.91 Å². The van der Waals surface area contributed by atoms with Crippen molar-refractivity contribution in [2.24, 2.45) is 5.92 Å². The maximum atomic E-state index is 12.1. The lowest BCUT2D eigenvalue weighted by molar-refractivity contribution is -0.389. The van der Waals surface area contributed by atoms with E-state index >= 15 is 0 Å². The lowest BCUT2D eigenvalue weighted by Gasteiger charge is -2.28. The minimum Gasteiger partial charge on any atom is -0.379 e. The number of rotatable bonds is 5. The number of ether oxygens (including phenoxy) is 1. The molecule has 1 fully saturated rings. The number of nitro groups is 1. The average molecular weight is 297 g/mol. The highest BCUT2D eigenvalue weighted by molar-refractivity contribution is 5.77. The molecule has 1 aliphatic heterocycles. The molecule has 1 amide bonds. The maximum Gasteiger partial charge on any atom is 0.390 e. The highest BCUT2D eigenvalue weighted by Gasteiger charge is 2.22. The van der Waals surface area contributed by atoms with Crippen LogP contribution in [0.5, 0.6) is 0 Å². The van der Waals surface area contributed by atoms with Crippen molar-refractivity contribution < 1.29 is 14.5 Å². The van der Waals surface area contributed by atoms with Gasteiger partial charge in [0.15, 0.2) is 0 Å². The van der Waals surface area contributed by atoms with Crippen LogP contribution in [-0.4, -0.2) is 51.9 Å². The molecule has 9 nitrogen and oxygen atoms in total. The van der Waals surface area contributed by atoms with Crippen LogP contribution >= 0.6 is 0 Å². The molecular weight excluding hydrogens is 278 g/mol. The molecule has 0 radical (unpaired) electrons. The second-order valence-electron chi connectivity index (χ2n) is 5.06. The Morgan fingerprint density at radius 3 is 2.81 bits per heavy atom. The molecule has 0 unspecified atom stereocenters. The SMILES string of the molecule is Cc1cc([N+](=O)[O-])nn1C[C@@H](C)C(=O)NN1CCOCC1. The van der Waals surface area contributed by atoms with Gasteiger partial charge < -0.3 is 14.9 Å². The fourth-order valence-corrected chi connectivity index (χ4v) is 2.05. The van der Waals surface area contributed by atoms with Crippen molar-refractivity contribution in [3.05, 3.63) is 21.9 Å². The first-order valence-electron chi connectivity index (χ1n) is 6.79. The van der Waals surface area contributed by atoms with E-state index in [1.165, 1.54) is 10.7 Å². The number of amides is 1. The zero-order valence-corrected chi connectivity index (χ0v) is 12.1. The summed E-state index contributed by atoms with van der Waals surface area (Å²) in [5.74, 6) is -0.672. The van der Waals surface area contributed by atoms with Gasteiger partial charge >= 0.3 is 5.82 Å². The molecule has 0 aromatic carbocycles. The standard InChI is InChI=1S/C12H19N5O4/c1-9(12(18)14-15-3-5-21-6-4-15)8-16-10(2)7-11(13-16)17(19)20/h7,9H,3-6,8H2,1-2H3,(H,14,18)/t9-/m1/s1. The molecule has 1 saturated heterocycles. The number of nitrogens with one attached hydrogen (secondary N) is 1. The first-order valence-corrected chi connectivity index (χ1v) is 6.79. The molecule has 0 saturated carbocycles. The van der Waals surface area contributed by atoms with Crippen LogP contribution in [0.1, 0.15) is 12.6 Å². The molecule has 0 aliphatic carbocycles. The van der Waals surface area contributed by atoms with Gasteiger partial charge in [0, 0.05) is 13.1 Å². The van der Waals surface area contributed by atoms with Crippen molar-refractivity contribution in [1.29, 1.82) is 0 Å². The Hall–Kier alpha value is -2.00. The topological polar surface area (TPSA) is 103 Å². The van der Waals surface area contributed by atoms with Gasteiger partial charge in [0.25, 0.3) is 0 Å². The van der Waals surface area contributed by atoms with Crippen LogP contribution in [0.2, 0.25) is 0 Å². The molecule has 2 rings (SSSR count). The molecule has 2 heterocycles. The number of morpholine rings is 1. The van der Waals surface area contributed by atoms with Crippen molar-refractivity contribution in [2.75, 3.05) is 26.3 Å². The second-order valence-corrected chi connectivity index (χ2v) is 5.06. The summed E-state index contributed by atoms with van der Waals surface area (Å²) in [5.41, 5.74) is 3.49. The van der Waals surface area contributed by atoms with E-state index in [1.807, 2.05) is 5.01 Å². The zero-order valence-electron chi connectivity index (χ0n) is 12.1. The summed E-state index contributed by atoms with van der Waals surface area (Å²) >= 11 is 0. The molecule has 1 aliphatic rings. The summed E-state index contributed by atoms with van der Waals surface area (Å²) in [4.78, 5) is 22.2. The molecule has 21 heavy (non-hydrogen) atoms. The zero-order chi connectivity index (χ0) is 15.4. The molecule has 1 atom stereocenters. The lowest BCUT2D eigenvalue weighted by atomic mass is 10.1. The summed E-state index contributed by atoms with van der Waals surface area (Å²) in [5, 5.41) is 16.4. The lowest BCUT2D eigenvalue weighted by Crippen LogP contribution is -2.50. The molecule has 1 aromatic heterocycles. The first-order chi connectivity index (χ1) is 9.97. The average Bonchev–Trinajstić information content (AvgIpc) is 2.81. The monoisotopic (exact) mass is 297 g/mol. The van der Waals surface area contributed by atoms with Crippen LogP contribution in [0.4, 0.5) is 5.82 Å². The third-order valence-electron chi connectivity index (χ3n) is 3.33. The van der Waals surface area contributed by atoms with Crippen LogP contribution in [-0.2, 0) is 16.1 Å². The summed E-state index contributed by atoms with van der Waals surface area (Å²) < 4.78 is 6.70. The smallest absolute Gasteiger partial charge is 0.379 e. The Balaban J connectivity index is 1.92. The predicted octanol–water partition coefficient (Wildman–Crippen LogP) is 0.0992. The normalized spacial score (nSPS) is 17.4. The van der Waals surface area contributed by atoms with Gasteiger partial charge in [-0.3, -0.25) is 10.2 Å². The van der Waals surface area contributed by atoms with Gasteiger partial charge in [-0.15, -0.1) is 0 Å². The van der Waals surface area contributed by atoms with Gasteiger partial charge in [-0.25, -0.2) is 5.01 Å². The molecule has 0 bridgehead atoms. The second kappa shape index (κ2) is 6.64. The molecule has 0 spiro atoms. The predicted molar refractivity (Wildman–Crippen MR) is 73.3 cm³/mol. The number of hydrogen-bond acceptors (Lipinski definition) is 6. The van der Waals surface area contributed by atoms with E-state index in [2.05, 4.69) is 10.5 Å². The molecule has 9 heteroatoms. The molecule has 1 N–H and O–H groups in total. The fraction of sp³-hybridized carbons (Fsp3) is 0.667. The van der Waals surface area contributed by atoms with E-state index < -0.39 is 4.92 Å². The first kappa shape index (κ1) is 15.4. The van der Waals surface area contributed by atoms with Gasteiger partial charge in [0.05, 0.1) is 42.5 Å². The van der Waals surface area contributed by atoms with Crippen LogP contribution in [0.15, 0.2) is 6.07 Å². The van der Waals surface area contributed by atoms with E-state index in [-0.39, 0.29) is 17.6 Å². The molecule has 116 valence electrons. The van der Waals surface area contributed by atoms with Gasteiger partial charge in [0.1, 0.15) is 0 Å². The van der Waals surface area contributed by atoms with Crippen molar-refractivity contribution in [3.8, 4) is 0 Å². The number of carbonyl (C=O) groups is 1. The number of hydrazine groups is 1. The quantitative estimate of drug-likeness (QED) is 0.611. The van der Waals surface area contributed by atoms with E-state index in [0.29, 0.717) is 38.5 Å². The van der Waals surface area contributed by atoms with Gasteiger partial charge in [-0.1, -0.05) is 6.92 Å². The van der Waals surface area contributed by atoms with E-state index in [4.69, 9.17) is 4.74 Å². The number of carbonyl (C=O) groups excluding carboxylic acids is 1. The van der Waals surface area contributed by atoms with E-state index in [0.717, 1.165) is 0 Å². The summed E-state index contributed by atoms with van der Waals surface area (Å²) in [6.07, 6.45) is 0. The van der Waals surface area contributed by atoms with E-state index in [9.17, 15) is 14.9 Å². The summed E-state index contributed by atoms with van der Waals surface area (Å²) in [6, 6.07) is 1.40. The van der Waals surface area contributed by atoms with Crippen LogP contribution in [0.3, 0.4) is 0 Å². The van der Waals surface area contributed by atoms with Crippen molar-refractivity contribution in [3.63, 3.8) is 0 Å². The van der Waals surface area contributed by atoms with Crippen molar-refractivity contribution >= 4 is 11.7 Å². The Bertz CT molecular complexity index is 524. The minimum atomic E-state index is -0.540. The number of aryl methyl sites for hydroxylation is 1. The largest absolute Gasteiger partial charge is 0.390 e. The van der Waals surface area contributed by atoms with Crippen LogP contribution in [0, 0.1) is 23.0 Å². The Kier molecular flexibility index (Phi) is 4.86. The Morgan fingerprint density at radius 1 is 1.57 bits per heavy atom. The maximum absolute atomic E-state index is 12.1. The minimum absolute atomic E-state index is 0.130. The molecular formula is C12H19N5O4. The number of hydrogen-bond donors (Lipinski definition) is 1. The Labute approximate surface area is 122 Å². The number of aromatic nitrogens is 2. The van der Waals surface area contributed by atoms with E-state index in [1.54, 1.807) is 13.8 Å². The van der Waals surface area contributed by atoms with Crippen molar-refractivity contribution in [1.82, 2.24) is 20.2 Å². The van der Waals surface area contributed by atoms with Crippen LogP contribution in [0.25, 0.3) is 0 Å². The highest BCUT2D eigenvalue weighted by atomic mass is 16.6. The fourth-order valence-electron chi connectivity index (χ4n) is 2.05. The van der Waals surface area contributed by atoms with Crippen LogP contribution < -0.4 is 5.43 Å². The molecule has 1 aromatic rings. The third kappa shape index (κ3) is 3.99. The van der Waals surface area contributed by atoms with Crippen molar-refractivity contribution in [2.45, 2.75) is 20.4 Å². The third-order valence-corrected chi connectivity index (χ3v) is 3.33. The highest BCUT2D eigenvalue weighted by Crippen LogP contribution is 2.13. The Morgan fingerprint density at radius 2 is 2.24 bits per heavy atom. The summed E-state index contributed by atoms with van der Waals surface area (Å²) in [7, 11) is 0. The van der Waals surface area contributed by atoms with Gasteiger partial charge in [-0.05, 0) is 11.8 Å². The van der Waals surface area contributed by atoms with Gasteiger partial charge in [-0.2, -0.15) is 4.68 Å². The summed E-state index contributed by atoms with van der Waals surface area (Å²) in [6.45, 7) is 6.30. The number of nitrogens with zero attached hydrogens (tertiary/aromatic N) is 4.